The topological polar surface area (TPSA) is 75.7 Å². The van der Waals surface area contributed by atoms with Gasteiger partial charge in [0.05, 0.1) is 17.0 Å². The van der Waals surface area contributed by atoms with Gasteiger partial charge in [0.1, 0.15) is 0 Å². The van der Waals surface area contributed by atoms with Crippen LogP contribution in [0, 0.1) is 13.8 Å². The van der Waals surface area contributed by atoms with E-state index in [0.717, 1.165) is 29.3 Å². The van der Waals surface area contributed by atoms with Crippen molar-refractivity contribution >= 4 is 15.9 Å². The Kier molecular flexibility index (Phi) is 5.67. The second-order valence-electron chi connectivity index (χ2n) is 6.52. The second kappa shape index (κ2) is 7.21. The van der Waals surface area contributed by atoms with Crippen molar-refractivity contribution in [2.75, 3.05) is 20.7 Å². The maximum atomic E-state index is 12.5. The van der Waals surface area contributed by atoms with Crippen LogP contribution in [0.25, 0.3) is 0 Å². The average Bonchev–Trinajstić information content (AvgIpc) is 3.03. The number of nitrogens with one attached hydrogen (secondary N) is 1. The molecule has 1 aromatic rings. The van der Waals surface area contributed by atoms with Gasteiger partial charge in [0.15, 0.2) is 0 Å². The average molecular weight is 354 g/mol. The van der Waals surface area contributed by atoms with E-state index in [1.54, 1.807) is 13.0 Å². The summed E-state index contributed by atoms with van der Waals surface area (Å²) < 4.78 is 31.7. The Morgan fingerprint density at radius 2 is 2.00 bits per heavy atom. The van der Waals surface area contributed by atoms with Crippen molar-refractivity contribution in [3.63, 3.8) is 0 Å². The SMILES string of the molecule is Cc1cc(C(=O)NC(C)C2CCCO2)cc(S(=O)(=O)N(C)C)c1C. The molecule has 1 fully saturated rings. The molecule has 1 heterocycles. The van der Waals surface area contributed by atoms with E-state index in [1.165, 1.54) is 20.2 Å². The number of benzene rings is 1. The van der Waals surface area contributed by atoms with Crippen LogP contribution in [0.5, 0.6) is 0 Å². The highest BCUT2D eigenvalue weighted by Gasteiger charge is 2.26. The van der Waals surface area contributed by atoms with Crippen LogP contribution in [0.4, 0.5) is 0 Å². The van der Waals surface area contributed by atoms with Gasteiger partial charge in [-0.15, -0.1) is 0 Å². The molecule has 0 aliphatic carbocycles. The molecule has 0 aromatic heterocycles. The molecule has 24 heavy (non-hydrogen) atoms. The van der Waals surface area contributed by atoms with E-state index in [4.69, 9.17) is 4.74 Å². The van der Waals surface area contributed by atoms with Gasteiger partial charge in [-0.3, -0.25) is 4.79 Å². The largest absolute Gasteiger partial charge is 0.376 e. The van der Waals surface area contributed by atoms with Crippen molar-refractivity contribution in [2.24, 2.45) is 0 Å². The zero-order valence-electron chi connectivity index (χ0n) is 14.9. The number of hydrogen-bond acceptors (Lipinski definition) is 4. The van der Waals surface area contributed by atoms with Gasteiger partial charge in [-0.2, -0.15) is 0 Å². The number of nitrogens with zero attached hydrogens (tertiary/aromatic N) is 1. The standard InChI is InChI=1S/C17H26N2O4S/c1-11-9-14(10-16(12(11)2)24(21,22)19(4)5)17(20)18-13(3)15-7-6-8-23-15/h9-10,13,15H,6-8H2,1-5H3,(H,18,20). The molecule has 1 aliphatic heterocycles. The maximum Gasteiger partial charge on any atom is 0.251 e. The second-order valence-corrected chi connectivity index (χ2v) is 8.64. The van der Waals surface area contributed by atoms with Gasteiger partial charge in [0.25, 0.3) is 5.91 Å². The first kappa shape index (κ1) is 18.9. The lowest BCUT2D eigenvalue weighted by atomic mass is 10.0. The monoisotopic (exact) mass is 354 g/mol. The minimum atomic E-state index is -3.60. The molecular formula is C17H26N2O4S. The van der Waals surface area contributed by atoms with Gasteiger partial charge in [-0.05, 0) is 56.9 Å². The number of carbonyl (C=O) groups is 1. The van der Waals surface area contributed by atoms with E-state index in [-0.39, 0.29) is 22.9 Å². The summed E-state index contributed by atoms with van der Waals surface area (Å²) in [6.45, 7) is 6.19. The molecule has 0 bridgehead atoms. The molecule has 1 aromatic carbocycles. The molecule has 6 nitrogen and oxygen atoms in total. The van der Waals surface area contributed by atoms with Crippen LogP contribution in [0.3, 0.4) is 0 Å². The Balaban J connectivity index is 2.30. The van der Waals surface area contributed by atoms with Crippen LogP contribution in [-0.2, 0) is 14.8 Å². The Morgan fingerprint density at radius 3 is 2.54 bits per heavy atom. The van der Waals surface area contributed by atoms with Crippen LogP contribution in [0.1, 0.15) is 41.3 Å². The van der Waals surface area contributed by atoms with Gasteiger partial charge < -0.3 is 10.1 Å². The molecule has 2 rings (SSSR count). The lowest BCUT2D eigenvalue weighted by molar-refractivity contribution is 0.0712. The van der Waals surface area contributed by atoms with Crippen LogP contribution in [-0.4, -0.2) is 51.5 Å². The normalized spacial score (nSPS) is 19.5. The first-order valence-corrected chi connectivity index (χ1v) is 9.55. The molecule has 0 spiro atoms. The summed E-state index contributed by atoms with van der Waals surface area (Å²) in [5.41, 5.74) is 1.78. The number of ether oxygens (including phenoxy) is 1. The number of hydrogen-bond donors (Lipinski definition) is 1. The summed E-state index contributed by atoms with van der Waals surface area (Å²) >= 11 is 0. The van der Waals surface area contributed by atoms with Gasteiger partial charge in [-0.1, -0.05) is 0 Å². The predicted molar refractivity (Wildman–Crippen MR) is 92.7 cm³/mol. The summed E-state index contributed by atoms with van der Waals surface area (Å²) in [6.07, 6.45) is 1.94. The summed E-state index contributed by atoms with van der Waals surface area (Å²) in [4.78, 5) is 12.7. The third kappa shape index (κ3) is 3.79. The number of carbonyl (C=O) groups excluding carboxylic acids is 1. The summed E-state index contributed by atoms with van der Waals surface area (Å²) in [5, 5.41) is 2.92. The summed E-state index contributed by atoms with van der Waals surface area (Å²) in [6, 6.07) is 3.06. The predicted octanol–water partition coefficient (Wildman–Crippen LogP) is 1.85. The fourth-order valence-corrected chi connectivity index (χ4v) is 4.02. The van der Waals surface area contributed by atoms with Gasteiger partial charge in [0.2, 0.25) is 10.0 Å². The molecule has 1 N–H and O–H groups in total. The van der Waals surface area contributed by atoms with E-state index in [1.807, 2.05) is 13.8 Å². The van der Waals surface area contributed by atoms with Crippen LogP contribution < -0.4 is 5.32 Å². The van der Waals surface area contributed by atoms with E-state index in [9.17, 15) is 13.2 Å². The van der Waals surface area contributed by atoms with Crippen LogP contribution in [0.2, 0.25) is 0 Å². The van der Waals surface area contributed by atoms with E-state index in [0.29, 0.717) is 11.1 Å². The van der Waals surface area contributed by atoms with Crippen molar-refractivity contribution in [1.29, 1.82) is 0 Å². The molecule has 1 amide bonds. The Bertz CT molecular complexity index is 722. The third-order valence-electron chi connectivity index (χ3n) is 4.52. The highest BCUT2D eigenvalue weighted by Crippen LogP contribution is 2.24. The van der Waals surface area contributed by atoms with Gasteiger partial charge >= 0.3 is 0 Å². The van der Waals surface area contributed by atoms with Gasteiger partial charge in [-0.25, -0.2) is 12.7 Å². The first-order chi connectivity index (χ1) is 11.1. The van der Waals surface area contributed by atoms with Crippen LogP contribution >= 0.6 is 0 Å². The zero-order valence-corrected chi connectivity index (χ0v) is 15.7. The van der Waals surface area contributed by atoms with Crippen molar-refractivity contribution in [2.45, 2.75) is 50.7 Å². The van der Waals surface area contributed by atoms with Crippen molar-refractivity contribution < 1.29 is 17.9 Å². The molecule has 2 atom stereocenters. The molecule has 2 unspecified atom stereocenters. The lowest BCUT2D eigenvalue weighted by Crippen LogP contribution is -2.41. The first-order valence-electron chi connectivity index (χ1n) is 8.11. The highest BCUT2D eigenvalue weighted by atomic mass is 32.2. The Morgan fingerprint density at radius 1 is 1.33 bits per heavy atom. The highest BCUT2D eigenvalue weighted by molar-refractivity contribution is 7.89. The molecule has 0 radical (unpaired) electrons. The molecule has 1 aliphatic rings. The van der Waals surface area contributed by atoms with Gasteiger partial charge in [0, 0.05) is 26.3 Å². The number of rotatable bonds is 5. The van der Waals surface area contributed by atoms with E-state index in [2.05, 4.69) is 5.32 Å². The Labute approximate surface area is 144 Å². The molecule has 0 saturated carbocycles. The fourth-order valence-electron chi connectivity index (χ4n) is 2.80. The van der Waals surface area contributed by atoms with E-state index >= 15 is 0 Å². The Hall–Kier alpha value is -1.44. The number of amides is 1. The molecule has 134 valence electrons. The number of aryl methyl sites for hydroxylation is 1. The minimum absolute atomic E-state index is 0.0190. The van der Waals surface area contributed by atoms with Crippen molar-refractivity contribution in [1.82, 2.24) is 9.62 Å². The quantitative estimate of drug-likeness (QED) is 0.876. The zero-order chi connectivity index (χ0) is 18.1. The smallest absolute Gasteiger partial charge is 0.251 e. The summed E-state index contributed by atoms with van der Waals surface area (Å²) in [5.74, 6) is -0.281. The number of sulfonamides is 1. The summed E-state index contributed by atoms with van der Waals surface area (Å²) in [7, 11) is -0.637. The third-order valence-corrected chi connectivity index (χ3v) is 6.46. The fraction of sp³-hybridized carbons (Fsp3) is 0.588. The minimum Gasteiger partial charge on any atom is -0.376 e. The van der Waals surface area contributed by atoms with Crippen molar-refractivity contribution in [3.8, 4) is 0 Å². The van der Waals surface area contributed by atoms with E-state index < -0.39 is 10.0 Å². The van der Waals surface area contributed by atoms with Crippen molar-refractivity contribution in [3.05, 3.63) is 28.8 Å². The molecular weight excluding hydrogens is 328 g/mol. The maximum absolute atomic E-state index is 12.5. The molecule has 7 heteroatoms. The van der Waals surface area contributed by atoms with Crippen LogP contribution in [0.15, 0.2) is 17.0 Å². The lowest BCUT2D eigenvalue weighted by Gasteiger charge is -2.21. The molecule has 1 saturated heterocycles.